The molecule has 1 unspecified atom stereocenters. The van der Waals surface area contributed by atoms with Gasteiger partial charge in [0.2, 0.25) is 16.5 Å². The number of amides is 3. The van der Waals surface area contributed by atoms with Crippen LogP contribution in [0.2, 0.25) is 0 Å². The number of benzene rings is 1. The molecule has 4 N–H and O–H groups in total. The summed E-state index contributed by atoms with van der Waals surface area (Å²) in [4.78, 5) is 67.7. The van der Waals surface area contributed by atoms with Crippen molar-refractivity contribution in [1.29, 1.82) is 0 Å². The van der Waals surface area contributed by atoms with Gasteiger partial charge in [0.1, 0.15) is 23.2 Å². The number of carbonyl (C=O) groups excluding carboxylic acids is 3. The summed E-state index contributed by atoms with van der Waals surface area (Å²) in [6.45, 7) is 1.17. The quantitative estimate of drug-likeness (QED) is 0.164. The molecule has 0 radical (unpaired) electrons. The molecule has 5 rings (SSSR count). The molecule has 2 aromatic heterocycles. The fourth-order valence-corrected chi connectivity index (χ4v) is 6.83. The molecule has 3 amide bonds. The Morgan fingerprint density at radius 1 is 1.26 bits per heavy atom. The third-order valence-electron chi connectivity index (χ3n) is 6.58. The summed E-state index contributed by atoms with van der Waals surface area (Å²) in [5.41, 5.74) is 1.08. The number of aromatic amines is 1. The molecule has 0 saturated carbocycles. The first-order chi connectivity index (χ1) is 20.6. The van der Waals surface area contributed by atoms with Crippen LogP contribution in [0.4, 0.5) is 0 Å². The standard InChI is InChI=1S/C26H26N8O7S2/c1-13-8-16(35)17(9-27-13)41-10-18(36)28-19(14-6-4-3-5-7-14)22(37)29-20-23(38)34-21(25(39)40)15(11-42-24(20)34)12-43-26-30-31-32-33(26)2/h3-9,19-20,24H,10-12H2,1-2H3,(H,27,35)(H,28,36)(H,29,37)(H,39,40)/t19-,20?,24-/m1/s1. The Bertz CT molecular complexity index is 1660. The molecule has 4 heterocycles. The second-order valence-corrected chi connectivity index (χ2v) is 11.6. The Hall–Kier alpha value is -4.64. The number of hydrogen-bond donors (Lipinski definition) is 4. The largest absolute Gasteiger partial charge is 0.478 e. The van der Waals surface area contributed by atoms with Gasteiger partial charge < -0.3 is 25.5 Å². The first-order valence-electron chi connectivity index (χ1n) is 12.9. The van der Waals surface area contributed by atoms with Crippen LogP contribution < -0.4 is 20.8 Å². The van der Waals surface area contributed by atoms with Crippen LogP contribution in [0.15, 0.2) is 63.8 Å². The van der Waals surface area contributed by atoms with E-state index in [9.17, 15) is 29.1 Å². The lowest BCUT2D eigenvalue weighted by Crippen LogP contribution is -2.71. The van der Waals surface area contributed by atoms with Crippen molar-refractivity contribution in [1.82, 2.24) is 40.7 Å². The van der Waals surface area contributed by atoms with E-state index < -0.39 is 53.2 Å². The molecular formula is C26H26N8O7S2. The van der Waals surface area contributed by atoms with Gasteiger partial charge in [0.05, 0.1) is 0 Å². The van der Waals surface area contributed by atoms with Crippen LogP contribution in [0.3, 0.4) is 0 Å². The van der Waals surface area contributed by atoms with Crippen LogP contribution in [-0.4, -0.2) is 88.4 Å². The maximum atomic E-state index is 13.5. The van der Waals surface area contributed by atoms with Crippen molar-refractivity contribution in [2.45, 2.75) is 29.5 Å². The fraction of sp³-hybridized carbons (Fsp3) is 0.308. The third-order valence-corrected chi connectivity index (χ3v) is 9.02. The summed E-state index contributed by atoms with van der Waals surface area (Å²) >= 11 is 2.57. The van der Waals surface area contributed by atoms with Crippen LogP contribution in [0.5, 0.6) is 5.75 Å². The van der Waals surface area contributed by atoms with Crippen LogP contribution in [0.1, 0.15) is 17.3 Å². The Kier molecular flexibility index (Phi) is 8.81. The number of thioether (sulfide) groups is 2. The zero-order valence-corrected chi connectivity index (χ0v) is 24.5. The first kappa shape index (κ1) is 29.8. The Morgan fingerprint density at radius 3 is 2.70 bits per heavy atom. The van der Waals surface area contributed by atoms with Crippen molar-refractivity contribution in [2.75, 3.05) is 18.1 Å². The van der Waals surface area contributed by atoms with E-state index in [0.717, 1.165) is 0 Å². The normalized spacial score (nSPS) is 18.4. The predicted octanol–water partition coefficient (Wildman–Crippen LogP) is -0.0260. The van der Waals surface area contributed by atoms with Crippen LogP contribution in [0, 0.1) is 6.92 Å². The third kappa shape index (κ3) is 6.41. The van der Waals surface area contributed by atoms with E-state index in [1.807, 2.05) is 0 Å². The van der Waals surface area contributed by atoms with Gasteiger partial charge in [0, 0.05) is 36.5 Å². The van der Waals surface area contributed by atoms with Crippen molar-refractivity contribution < 1.29 is 29.0 Å². The Labute approximate surface area is 252 Å². The van der Waals surface area contributed by atoms with Gasteiger partial charge in [-0.3, -0.25) is 24.1 Å². The second kappa shape index (κ2) is 12.7. The van der Waals surface area contributed by atoms with E-state index in [1.54, 1.807) is 44.3 Å². The molecule has 224 valence electrons. The highest BCUT2D eigenvalue weighted by Gasteiger charge is 2.54. The number of carboxylic acid groups (broad SMARTS) is 1. The predicted molar refractivity (Wildman–Crippen MR) is 154 cm³/mol. The monoisotopic (exact) mass is 626 g/mol. The van der Waals surface area contributed by atoms with E-state index >= 15 is 0 Å². The van der Waals surface area contributed by atoms with Crippen molar-refractivity contribution in [2.24, 2.45) is 7.05 Å². The molecule has 2 aliphatic rings. The molecule has 1 aromatic carbocycles. The summed E-state index contributed by atoms with van der Waals surface area (Å²) in [7, 11) is 1.66. The molecule has 0 spiro atoms. The minimum atomic E-state index is -1.25. The average Bonchev–Trinajstić information content (AvgIpc) is 3.41. The van der Waals surface area contributed by atoms with Crippen molar-refractivity contribution in [3.63, 3.8) is 0 Å². The summed E-state index contributed by atoms with van der Waals surface area (Å²) in [6, 6.07) is 7.55. The number of fused-ring (bicyclic) bond motifs is 1. The fourth-order valence-electron chi connectivity index (χ4n) is 4.49. The molecule has 2 aliphatic heterocycles. The lowest BCUT2D eigenvalue weighted by Gasteiger charge is -2.49. The van der Waals surface area contributed by atoms with E-state index in [4.69, 9.17) is 4.74 Å². The van der Waals surface area contributed by atoms with Crippen LogP contribution in [-0.2, 0) is 26.2 Å². The number of hydrogen-bond acceptors (Lipinski definition) is 11. The Balaban J connectivity index is 1.27. The average molecular weight is 627 g/mol. The van der Waals surface area contributed by atoms with Gasteiger partial charge in [0.25, 0.3) is 11.8 Å². The number of pyridine rings is 1. The molecule has 1 saturated heterocycles. The van der Waals surface area contributed by atoms with E-state index in [0.29, 0.717) is 27.7 Å². The highest BCUT2D eigenvalue weighted by atomic mass is 32.2. The van der Waals surface area contributed by atoms with Gasteiger partial charge in [-0.1, -0.05) is 42.1 Å². The van der Waals surface area contributed by atoms with Gasteiger partial charge in [0.15, 0.2) is 12.4 Å². The molecule has 15 nitrogen and oxygen atoms in total. The number of tetrazole rings is 1. The first-order valence-corrected chi connectivity index (χ1v) is 14.9. The molecule has 3 aromatic rings. The van der Waals surface area contributed by atoms with Gasteiger partial charge in [-0.2, -0.15) is 0 Å². The molecule has 17 heteroatoms. The Morgan fingerprint density at radius 2 is 2.02 bits per heavy atom. The maximum absolute atomic E-state index is 13.5. The number of aryl methyl sites for hydroxylation is 2. The van der Waals surface area contributed by atoms with Crippen molar-refractivity contribution in [3.05, 3.63) is 75.3 Å². The number of aromatic nitrogens is 5. The number of ether oxygens (including phenoxy) is 1. The smallest absolute Gasteiger partial charge is 0.352 e. The maximum Gasteiger partial charge on any atom is 0.352 e. The number of aliphatic carboxylic acids is 1. The lowest BCUT2D eigenvalue weighted by molar-refractivity contribution is -0.151. The summed E-state index contributed by atoms with van der Waals surface area (Å²) in [5, 5.41) is 26.3. The van der Waals surface area contributed by atoms with E-state index in [2.05, 4.69) is 31.1 Å². The lowest BCUT2D eigenvalue weighted by atomic mass is 10.0. The van der Waals surface area contributed by atoms with E-state index in [1.165, 1.54) is 45.4 Å². The summed E-state index contributed by atoms with van der Waals surface area (Å²) in [6.07, 6.45) is 1.35. The molecule has 0 bridgehead atoms. The van der Waals surface area contributed by atoms with Gasteiger partial charge in [-0.15, -0.1) is 16.9 Å². The van der Waals surface area contributed by atoms with E-state index in [-0.39, 0.29) is 17.2 Å². The molecule has 1 fully saturated rings. The second-order valence-electron chi connectivity index (χ2n) is 9.57. The molecule has 43 heavy (non-hydrogen) atoms. The number of carbonyl (C=O) groups is 4. The highest BCUT2D eigenvalue weighted by Crippen LogP contribution is 2.41. The number of β-lactam (4-membered cyclic amide) rings is 1. The summed E-state index contributed by atoms with van der Waals surface area (Å²) in [5.74, 6) is -2.64. The van der Waals surface area contributed by atoms with Crippen LogP contribution in [0.25, 0.3) is 0 Å². The molecular weight excluding hydrogens is 600 g/mol. The molecule has 0 aliphatic carbocycles. The SMILES string of the molecule is Cc1cc(=O)c(OCC(=O)N[C@@H](C(=O)NC2C(=O)N3C(C(=O)O)=C(CSc4nnnn4C)CS[C@H]23)c2ccccc2)c[nH]1. The number of rotatable bonds is 11. The minimum Gasteiger partial charge on any atom is -0.478 e. The van der Waals surface area contributed by atoms with Crippen molar-refractivity contribution in [3.8, 4) is 5.75 Å². The molecule has 3 atom stereocenters. The zero-order valence-electron chi connectivity index (χ0n) is 22.8. The number of nitrogens with zero attached hydrogens (tertiary/aromatic N) is 5. The summed E-state index contributed by atoms with van der Waals surface area (Å²) < 4.78 is 6.80. The van der Waals surface area contributed by atoms with Crippen molar-refractivity contribution >= 4 is 47.2 Å². The van der Waals surface area contributed by atoms with Gasteiger partial charge in [-0.05, 0) is 28.5 Å². The van der Waals surface area contributed by atoms with Crippen LogP contribution >= 0.6 is 23.5 Å². The van der Waals surface area contributed by atoms with Gasteiger partial charge in [-0.25, -0.2) is 9.48 Å². The highest BCUT2D eigenvalue weighted by molar-refractivity contribution is 8.01. The number of H-pyrrole nitrogens is 1. The number of nitrogens with one attached hydrogen (secondary N) is 3. The zero-order chi connectivity index (χ0) is 30.7. The minimum absolute atomic E-state index is 0.0516. The number of carboxylic acids is 1. The van der Waals surface area contributed by atoms with Gasteiger partial charge >= 0.3 is 5.97 Å². The topological polar surface area (TPSA) is 201 Å².